The zero-order chi connectivity index (χ0) is 19.1. The molecule has 0 fully saturated rings. The number of benzene rings is 4. The highest BCUT2D eigenvalue weighted by Crippen LogP contribution is 2.32. The van der Waals surface area contributed by atoms with E-state index >= 15 is 0 Å². The third-order valence-electron chi connectivity index (χ3n) is 5.43. The van der Waals surface area contributed by atoms with Crippen molar-refractivity contribution in [3.8, 4) is 11.1 Å². The van der Waals surface area contributed by atoms with Gasteiger partial charge in [-0.2, -0.15) is 0 Å². The van der Waals surface area contributed by atoms with Crippen molar-refractivity contribution in [2.75, 3.05) is 5.01 Å². The van der Waals surface area contributed by atoms with Gasteiger partial charge >= 0.3 is 0 Å². The van der Waals surface area contributed by atoms with Gasteiger partial charge in [0, 0.05) is 23.3 Å². The highest BCUT2D eigenvalue weighted by Gasteiger charge is 2.11. The Hall–Kier alpha value is -3.56. The molecule has 0 aliphatic heterocycles. The predicted molar refractivity (Wildman–Crippen MR) is 119 cm³/mol. The normalized spacial score (nSPS) is 11.2. The van der Waals surface area contributed by atoms with E-state index < -0.39 is 0 Å². The molecule has 1 heterocycles. The molecular weight excluding hydrogens is 342 g/mol. The molecule has 0 amide bonds. The molecule has 1 aromatic heterocycles. The van der Waals surface area contributed by atoms with E-state index in [-0.39, 0.29) is 0 Å². The summed E-state index contributed by atoms with van der Waals surface area (Å²) in [6.07, 6.45) is 0. The third kappa shape index (κ3) is 2.65. The molecule has 3 nitrogen and oxygen atoms in total. The van der Waals surface area contributed by atoms with Gasteiger partial charge in [0.05, 0.1) is 16.9 Å². The molecule has 0 aliphatic rings. The van der Waals surface area contributed by atoms with Crippen molar-refractivity contribution in [1.82, 2.24) is 4.57 Å². The van der Waals surface area contributed by atoms with Crippen LogP contribution >= 0.6 is 0 Å². The van der Waals surface area contributed by atoms with E-state index in [0.29, 0.717) is 0 Å². The second-order valence-corrected chi connectivity index (χ2v) is 7.06. The van der Waals surface area contributed by atoms with Crippen LogP contribution in [-0.2, 0) is 7.05 Å². The van der Waals surface area contributed by atoms with Gasteiger partial charge in [-0.3, -0.25) is 5.01 Å². The van der Waals surface area contributed by atoms with Crippen molar-refractivity contribution in [3.05, 3.63) is 97.1 Å². The Morgan fingerprint density at radius 1 is 0.607 bits per heavy atom. The highest BCUT2D eigenvalue weighted by molar-refractivity contribution is 6.08. The average Bonchev–Trinajstić information content (AvgIpc) is 3.06. The van der Waals surface area contributed by atoms with Gasteiger partial charge in [0.25, 0.3) is 0 Å². The number of anilines is 2. The van der Waals surface area contributed by atoms with Gasteiger partial charge < -0.3 is 4.57 Å². The summed E-state index contributed by atoms with van der Waals surface area (Å²) in [6, 6.07) is 33.6. The molecule has 0 radical (unpaired) electrons. The molecule has 136 valence electrons. The molecule has 5 aromatic rings. The maximum absolute atomic E-state index is 6.46. The molecule has 2 N–H and O–H groups in total. The van der Waals surface area contributed by atoms with Crippen LogP contribution in [0.1, 0.15) is 0 Å². The minimum atomic E-state index is 0.956. The Labute approximate surface area is 164 Å². The maximum atomic E-state index is 6.46. The number of nitrogens with two attached hydrogens (primary N) is 1. The van der Waals surface area contributed by atoms with Crippen LogP contribution in [-0.4, -0.2) is 4.57 Å². The predicted octanol–water partition coefficient (Wildman–Crippen LogP) is 6.01. The smallest absolute Gasteiger partial charge is 0.0596 e. The van der Waals surface area contributed by atoms with E-state index in [1.54, 1.807) is 5.01 Å². The Morgan fingerprint density at radius 3 is 2.00 bits per heavy atom. The minimum absolute atomic E-state index is 0.956. The second kappa shape index (κ2) is 6.55. The SMILES string of the molecule is Cn1c2ccccc2c2ccc(N(N)c3ccc(-c4ccccc4)cc3)cc21. The van der Waals surface area contributed by atoms with Crippen molar-refractivity contribution in [2.45, 2.75) is 0 Å². The highest BCUT2D eigenvalue weighted by atomic mass is 15.4. The number of aromatic nitrogens is 1. The molecule has 5 rings (SSSR count). The monoisotopic (exact) mass is 363 g/mol. The summed E-state index contributed by atoms with van der Waals surface area (Å²) in [4.78, 5) is 0. The van der Waals surface area contributed by atoms with E-state index in [1.807, 2.05) is 6.07 Å². The lowest BCUT2D eigenvalue weighted by atomic mass is 10.1. The largest absolute Gasteiger partial charge is 0.344 e. The lowest BCUT2D eigenvalue weighted by molar-refractivity contribution is 1.01. The maximum Gasteiger partial charge on any atom is 0.0596 e. The molecule has 0 atom stereocenters. The average molecular weight is 363 g/mol. The lowest BCUT2D eigenvalue weighted by Crippen LogP contribution is -2.24. The molecule has 4 aromatic carbocycles. The standard InChI is InChI=1S/C25H21N3/c1-27-24-10-6-5-9-22(24)23-16-15-21(17-25(23)27)28(26)20-13-11-19(12-14-20)18-7-3-2-4-8-18/h2-17H,26H2,1H3. The summed E-state index contributed by atoms with van der Waals surface area (Å²) in [5, 5.41) is 4.25. The number of hydrazine groups is 1. The summed E-state index contributed by atoms with van der Waals surface area (Å²) < 4.78 is 2.22. The summed E-state index contributed by atoms with van der Waals surface area (Å²) >= 11 is 0. The Morgan fingerprint density at radius 2 is 1.21 bits per heavy atom. The fraction of sp³-hybridized carbons (Fsp3) is 0.0400. The van der Waals surface area contributed by atoms with Crippen molar-refractivity contribution in [2.24, 2.45) is 12.9 Å². The first kappa shape index (κ1) is 16.6. The van der Waals surface area contributed by atoms with Gasteiger partial charge in [0.1, 0.15) is 0 Å². The Bertz CT molecular complexity index is 1270. The van der Waals surface area contributed by atoms with Gasteiger partial charge in [-0.15, -0.1) is 0 Å². The van der Waals surface area contributed by atoms with Gasteiger partial charge in [0.15, 0.2) is 0 Å². The molecular formula is C25H21N3. The molecule has 0 unspecified atom stereocenters. The van der Waals surface area contributed by atoms with E-state index in [2.05, 4.69) is 103 Å². The topological polar surface area (TPSA) is 34.2 Å². The van der Waals surface area contributed by atoms with E-state index in [0.717, 1.165) is 11.4 Å². The van der Waals surface area contributed by atoms with E-state index in [9.17, 15) is 0 Å². The van der Waals surface area contributed by atoms with Gasteiger partial charge in [-0.05, 0) is 41.5 Å². The first-order valence-electron chi connectivity index (χ1n) is 9.40. The summed E-state index contributed by atoms with van der Waals surface area (Å²) in [5.74, 6) is 6.46. The Balaban J connectivity index is 1.53. The molecule has 0 saturated heterocycles. The van der Waals surface area contributed by atoms with Crippen LogP contribution < -0.4 is 10.9 Å². The van der Waals surface area contributed by atoms with Crippen molar-refractivity contribution in [3.63, 3.8) is 0 Å². The first-order chi connectivity index (χ1) is 13.7. The number of aryl methyl sites for hydroxylation is 1. The Kier molecular flexibility index (Phi) is 3.89. The van der Waals surface area contributed by atoms with Crippen LogP contribution in [0.2, 0.25) is 0 Å². The van der Waals surface area contributed by atoms with E-state index in [4.69, 9.17) is 5.84 Å². The van der Waals surface area contributed by atoms with Gasteiger partial charge in [0.2, 0.25) is 0 Å². The molecule has 3 heteroatoms. The van der Waals surface area contributed by atoms with Crippen molar-refractivity contribution < 1.29 is 0 Å². The first-order valence-corrected chi connectivity index (χ1v) is 9.40. The molecule has 0 saturated carbocycles. The summed E-state index contributed by atoms with van der Waals surface area (Å²) in [6.45, 7) is 0. The lowest BCUT2D eigenvalue weighted by Gasteiger charge is -2.19. The van der Waals surface area contributed by atoms with Crippen LogP contribution in [0.3, 0.4) is 0 Å². The number of fused-ring (bicyclic) bond motifs is 3. The minimum Gasteiger partial charge on any atom is -0.344 e. The number of hydrogen-bond donors (Lipinski definition) is 1. The fourth-order valence-corrected chi connectivity index (χ4v) is 3.89. The van der Waals surface area contributed by atoms with Crippen LogP contribution in [0.5, 0.6) is 0 Å². The second-order valence-electron chi connectivity index (χ2n) is 7.06. The van der Waals surface area contributed by atoms with Crippen molar-refractivity contribution in [1.29, 1.82) is 0 Å². The van der Waals surface area contributed by atoms with Crippen LogP contribution in [0.4, 0.5) is 11.4 Å². The zero-order valence-electron chi connectivity index (χ0n) is 15.7. The van der Waals surface area contributed by atoms with E-state index in [1.165, 1.54) is 32.9 Å². The zero-order valence-corrected chi connectivity index (χ0v) is 15.7. The third-order valence-corrected chi connectivity index (χ3v) is 5.43. The number of para-hydroxylation sites is 1. The quantitative estimate of drug-likeness (QED) is 0.315. The number of rotatable bonds is 3. The van der Waals surface area contributed by atoms with Gasteiger partial charge in [-0.25, -0.2) is 5.84 Å². The summed E-state index contributed by atoms with van der Waals surface area (Å²) in [5.41, 5.74) is 6.71. The van der Waals surface area contributed by atoms with Crippen LogP contribution in [0, 0.1) is 0 Å². The van der Waals surface area contributed by atoms with Crippen LogP contribution in [0.25, 0.3) is 32.9 Å². The van der Waals surface area contributed by atoms with Crippen molar-refractivity contribution >= 4 is 33.2 Å². The summed E-state index contributed by atoms with van der Waals surface area (Å²) in [7, 11) is 2.10. The van der Waals surface area contributed by atoms with Gasteiger partial charge in [-0.1, -0.05) is 66.7 Å². The molecule has 28 heavy (non-hydrogen) atoms. The number of nitrogens with zero attached hydrogens (tertiary/aromatic N) is 2. The van der Waals surface area contributed by atoms with Crippen LogP contribution in [0.15, 0.2) is 97.1 Å². The molecule has 0 aliphatic carbocycles. The molecule has 0 bridgehead atoms. The fourth-order valence-electron chi connectivity index (χ4n) is 3.89. The molecule has 0 spiro atoms. The number of hydrogen-bond acceptors (Lipinski definition) is 2.